The second-order valence-corrected chi connectivity index (χ2v) is 19.7. The number of benzene rings is 2. The second-order valence-electron chi connectivity index (χ2n) is 14.6. The van der Waals surface area contributed by atoms with Crippen molar-refractivity contribution in [1.29, 1.82) is 0 Å². The van der Waals surface area contributed by atoms with Crippen molar-refractivity contribution in [1.82, 2.24) is 15.2 Å². The zero-order chi connectivity index (χ0) is 34.8. The molecule has 8 nitrogen and oxygen atoms in total. The fourth-order valence-electron chi connectivity index (χ4n) is 5.96. The lowest BCUT2D eigenvalue weighted by Gasteiger charge is -2.46. The quantitative estimate of drug-likeness (QED) is 0.266. The van der Waals surface area contributed by atoms with Gasteiger partial charge in [0.25, 0.3) is 14.2 Å². The highest BCUT2D eigenvalue weighted by atomic mass is 35.5. The van der Waals surface area contributed by atoms with E-state index in [1.165, 1.54) is 6.20 Å². The molecule has 1 N–H and O–H groups in total. The summed E-state index contributed by atoms with van der Waals surface area (Å²) >= 11 is 12.8. The Morgan fingerprint density at radius 2 is 1.51 bits per heavy atom. The molecule has 1 saturated heterocycles. The number of carbonyl (C=O) groups is 2. The molecule has 2 aromatic carbocycles. The molecule has 254 valence electrons. The summed E-state index contributed by atoms with van der Waals surface area (Å²) in [6.45, 7) is 17.7. The summed E-state index contributed by atoms with van der Waals surface area (Å²) in [5.74, 6) is -0.402. The van der Waals surface area contributed by atoms with Crippen LogP contribution in [0, 0.1) is 6.92 Å². The Bertz CT molecular complexity index is 1520. The van der Waals surface area contributed by atoms with Crippen LogP contribution in [0.1, 0.15) is 66.6 Å². The third kappa shape index (κ3) is 8.20. The highest BCUT2D eigenvalue weighted by molar-refractivity contribution is 6.99. The fourth-order valence-corrected chi connectivity index (χ4v) is 11.1. The van der Waals surface area contributed by atoms with Crippen LogP contribution in [0.3, 0.4) is 0 Å². The number of ether oxygens (including phenoxy) is 2. The van der Waals surface area contributed by atoms with Crippen LogP contribution in [0.2, 0.25) is 15.1 Å². The van der Waals surface area contributed by atoms with Gasteiger partial charge in [-0.25, -0.2) is 4.79 Å². The molecule has 0 unspecified atom stereocenters. The van der Waals surface area contributed by atoms with Gasteiger partial charge in [0.15, 0.2) is 6.10 Å². The van der Waals surface area contributed by atoms with Crippen molar-refractivity contribution in [3.05, 3.63) is 88.2 Å². The molecule has 0 saturated carbocycles. The minimum atomic E-state index is -2.91. The molecule has 0 bridgehead atoms. The van der Waals surface area contributed by atoms with Gasteiger partial charge in [0.2, 0.25) is 0 Å². The van der Waals surface area contributed by atoms with Crippen molar-refractivity contribution in [2.45, 2.75) is 90.6 Å². The highest BCUT2D eigenvalue weighted by Gasteiger charge is 2.51. The summed E-state index contributed by atoms with van der Waals surface area (Å²) in [6.07, 6.45) is 0.0223. The van der Waals surface area contributed by atoms with Crippen LogP contribution in [0.25, 0.3) is 0 Å². The average Bonchev–Trinajstić information content (AvgIpc) is 2.99. The van der Waals surface area contributed by atoms with E-state index in [4.69, 9.17) is 37.1 Å². The smallest absolute Gasteiger partial charge is 0.410 e. The molecule has 2 atom stereocenters. The molecule has 0 radical (unpaired) electrons. The van der Waals surface area contributed by atoms with Crippen LogP contribution in [0.15, 0.2) is 66.9 Å². The maximum Gasteiger partial charge on any atom is 0.410 e. The van der Waals surface area contributed by atoms with Gasteiger partial charge in [0.05, 0.1) is 47.1 Å². The number of carbonyl (C=O) groups excluding carboxylic acids is 2. The monoisotopic (exact) mass is 699 g/mol. The maximum absolute atomic E-state index is 13.7. The van der Waals surface area contributed by atoms with Crippen molar-refractivity contribution in [2.75, 3.05) is 19.8 Å². The maximum atomic E-state index is 13.7. The Labute approximate surface area is 290 Å². The first-order valence-electron chi connectivity index (χ1n) is 15.9. The van der Waals surface area contributed by atoms with Gasteiger partial charge in [-0.3, -0.25) is 14.7 Å². The second kappa shape index (κ2) is 14.3. The Morgan fingerprint density at radius 3 is 2.02 bits per heavy atom. The number of nitrogens with one attached hydrogen (secondary N) is 1. The molecule has 2 heterocycles. The van der Waals surface area contributed by atoms with Crippen molar-refractivity contribution in [3.8, 4) is 0 Å². The third-order valence-corrected chi connectivity index (χ3v) is 14.2. The van der Waals surface area contributed by atoms with Crippen LogP contribution in [0.4, 0.5) is 4.79 Å². The number of pyridine rings is 1. The van der Waals surface area contributed by atoms with Gasteiger partial charge >= 0.3 is 6.09 Å². The highest BCUT2D eigenvalue weighted by Crippen LogP contribution is 2.37. The van der Waals surface area contributed by atoms with Gasteiger partial charge in [0, 0.05) is 6.20 Å². The molecule has 1 fully saturated rings. The molecule has 0 spiro atoms. The average molecular weight is 701 g/mol. The largest absolute Gasteiger partial charge is 0.444 e. The van der Waals surface area contributed by atoms with E-state index in [-0.39, 0.29) is 24.8 Å². The molecular formula is C36H47Cl2N3O5Si. The van der Waals surface area contributed by atoms with Gasteiger partial charge in [-0.05, 0) is 62.5 Å². The Morgan fingerprint density at radius 1 is 0.957 bits per heavy atom. The molecule has 2 amide bonds. The standard InChI is InChI=1S/C36H47Cl2N3O5Si/c1-24-28(37)20-39-31(30(24)38)36(8,9)40-32(42)29-21-41(33(43)46-34(2,3)4)25(22-44-29)23-45-47(35(5,6)7,26-16-12-10-13-17-26)27-18-14-11-15-19-27/h10-20,25,29H,21-23H2,1-9H3,(H,40,42)/t25-,29-/m0/s1. The topological polar surface area (TPSA) is 90.0 Å². The molecule has 0 aliphatic carbocycles. The first-order valence-corrected chi connectivity index (χ1v) is 18.5. The Hall–Kier alpha value is -2.95. The van der Waals surface area contributed by atoms with Gasteiger partial charge in [-0.15, -0.1) is 0 Å². The van der Waals surface area contributed by atoms with Crippen LogP contribution in [-0.2, 0) is 24.2 Å². The summed E-state index contributed by atoms with van der Waals surface area (Å²) in [5.41, 5.74) is -0.541. The summed E-state index contributed by atoms with van der Waals surface area (Å²) in [7, 11) is -2.91. The summed E-state index contributed by atoms with van der Waals surface area (Å²) < 4.78 is 19.2. The fraction of sp³-hybridized carbons (Fsp3) is 0.472. The van der Waals surface area contributed by atoms with E-state index in [0.29, 0.717) is 21.3 Å². The lowest BCUT2D eigenvalue weighted by atomic mass is 9.97. The van der Waals surface area contributed by atoms with Crippen LogP contribution < -0.4 is 15.7 Å². The molecular weight excluding hydrogens is 653 g/mol. The SMILES string of the molecule is Cc1c(Cl)cnc(C(C)(C)NC(=O)[C@@H]2CN(C(=O)OC(C)(C)C)[C@H](CO[Si](c3ccccc3)(c3ccccc3)C(C)(C)C)CO2)c1Cl. The lowest BCUT2D eigenvalue weighted by Crippen LogP contribution is -2.68. The van der Waals surface area contributed by atoms with Gasteiger partial charge < -0.3 is 19.2 Å². The van der Waals surface area contributed by atoms with E-state index in [2.05, 4.69) is 55.3 Å². The van der Waals surface area contributed by atoms with Crippen LogP contribution in [-0.4, -0.2) is 67.7 Å². The first kappa shape index (κ1) is 36.9. The van der Waals surface area contributed by atoms with E-state index < -0.39 is 43.6 Å². The predicted octanol–water partition coefficient (Wildman–Crippen LogP) is 6.63. The predicted molar refractivity (Wildman–Crippen MR) is 190 cm³/mol. The normalized spacial score (nSPS) is 17.7. The van der Waals surface area contributed by atoms with E-state index >= 15 is 0 Å². The number of nitrogens with zero attached hydrogens (tertiary/aromatic N) is 2. The number of amides is 2. The third-order valence-electron chi connectivity index (χ3n) is 8.35. The minimum absolute atomic E-state index is 0.0214. The Kier molecular flexibility index (Phi) is 11.2. The number of hydrogen-bond donors (Lipinski definition) is 1. The molecule has 1 aromatic heterocycles. The van der Waals surface area contributed by atoms with E-state index in [0.717, 1.165) is 10.4 Å². The van der Waals surface area contributed by atoms with Crippen molar-refractivity contribution < 1.29 is 23.5 Å². The van der Waals surface area contributed by atoms with Crippen LogP contribution >= 0.6 is 23.2 Å². The lowest BCUT2D eigenvalue weighted by molar-refractivity contribution is -0.144. The van der Waals surface area contributed by atoms with Crippen LogP contribution in [0.5, 0.6) is 0 Å². The van der Waals surface area contributed by atoms with Gasteiger partial charge in [-0.1, -0.05) is 105 Å². The molecule has 11 heteroatoms. The number of aromatic nitrogens is 1. The van der Waals surface area contributed by atoms with E-state index in [9.17, 15) is 9.59 Å². The molecule has 1 aliphatic rings. The molecule has 3 aromatic rings. The zero-order valence-corrected chi connectivity index (χ0v) is 31.3. The summed E-state index contributed by atoms with van der Waals surface area (Å²) in [6, 6.07) is 20.1. The number of morpholine rings is 1. The zero-order valence-electron chi connectivity index (χ0n) is 28.8. The van der Waals surface area contributed by atoms with Gasteiger partial charge in [0.1, 0.15) is 5.60 Å². The number of halogens is 2. The first-order chi connectivity index (χ1) is 21.9. The van der Waals surface area contributed by atoms with Crippen molar-refractivity contribution in [2.24, 2.45) is 0 Å². The van der Waals surface area contributed by atoms with E-state index in [1.807, 2.05) is 57.2 Å². The van der Waals surface area contributed by atoms with E-state index in [1.54, 1.807) is 25.7 Å². The molecule has 4 rings (SSSR count). The number of rotatable bonds is 8. The summed E-state index contributed by atoms with van der Waals surface area (Å²) in [4.78, 5) is 33.4. The Balaban J connectivity index is 1.63. The minimum Gasteiger partial charge on any atom is -0.444 e. The number of hydrogen-bond acceptors (Lipinski definition) is 6. The molecule has 1 aliphatic heterocycles. The summed E-state index contributed by atoms with van der Waals surface area (Å²) in [5, 5.41) is 5.83. The molecule has 47 heavy (non-hydrogen) atoms. The van der Waals surface area contributed by atoms with Crippen molar-refractivity contribution >= 4 is 53.9 Å². The van der Waals surface area contributed by atoms with Crippen molar-refractivity contribution in [3.63, 3.8) is 0 Å². The van der Waals surface area contributed by atoms with Gasteiger partial charge in [-0.2, -0.15) is 0 Å².